The standard InChI is InChI=1S/C15H21ClN2O2/c16-13-9-11(17)8-12(15(19)20)14(13)18-7-6-10-4-2-1-3-5-10/h8-10,18H,1-7,17H2,(H,19,20). The van der Waals surface area contributed by atoms with Crippen molar-refractivity contribution >= 4 is 28.9 Å². The zero-order valence-corrected chi connectivity index (χ0v) is 12.2. The van der Waals surface area contributed by atoms with E-state index in [2.05, 4.69) is 5.32 Å². The van der Waals surface area contributed by atoms with Gasteiger partial charge in [0.1, 0.15) is 0 Å². The Bertz CT molecular complexity index is 485. The highest BCUT2D eigenvalue weighted by Gasteiger charge is 2.16. The maximum Gasteiger partial charge on any atom is 0.337 e. The summed E-state index contributed by atoms with van der Waals surface area (Å²) < 4.78 is 0. The van der Waals surface area contributed by atoms with Crippen LogP contribution >= 0.6 is 11.6 Å². The average molecular weight is 297 g/mol. The number of aromatic carboxylic acids is 1. The van der Waals surface area contributed by atoms with E-state index in [1.165, 1.54) is 38.2 Å². The fourth-order valence-electron chi connectivity index (χ4n) is 2.85. The molecule has 1 aliphatic rings. The SMILES string of the molecule is Nc1cc(Cl)c(NCCC2CCCCC2)c(C(=O)O)c1. The number of nitrogen functional groups attached to an aromatic ring is 1. The van der Waals surface area contributed by atoms with E-state index in [1.54, 1.807) is 6.07 Å². The third kappa shape index (κ3) is 3.79. The van der Waals surface area contributed by atoms with Crippen LogP contribution in [0.2, 0.25) is 5.02 Å². The van der Waals surface area contributed by atoms with Gasteiger partial charge in [0, 0.05) is 12.2 Å². The molecule has 0 aliphatic heterocycles. The molecule has 0 saturated heterocycles. The molecule has 110 valence electrons. The Balaban J connectivity index is 1.99. The lowest BCUT2D eigenvalue weighted by Crippen LogP contribution is -2.14. The first-order valence-electron chi connectivity index (χ1n) is 7.14. The molecule has 1 aromatic carbocycles. The molecule has 1 aromatic rings. The van der Waals surface area contributed by atoms with Crippen molar-refractivity contribution in [1.29, 1.82) is 0 Å². The van der Waals surface area contributed by atoms with Gasteiger partial charge in [-0.1, -0.05) is 43.7 Å². The molecule has 4 nitrogen and oxygen atoms in total. The van der Waals surface area contributed by atoms with Crippen molar-refractivity contribution in [2.45, 2.75) is 38.5 Å². The van der Waals surface area contributed by atoms with Crippen LogP contribution in [0.4, 0.5) is 11.4 Å². The van der Waals surface area contributed by atoms with Crippen LogP contribution < -0.4 is 11.1 Å². The maximum atomic E-state index is 11.2. The number of carbonyl (C=O) groups is 1. The molecule has 1 saturated carbocycles. The van der Waals surface area contributed by atoms with Crippen LogP contribution in [0.3, 0.4) is 0 Å². The van der Waals surface area contributed by atoms with Gasteiger partial charge in [-0.2, -0.15) is 0 Å². The first-order valence-corrected chi connectivity index (χ1v) is 7.52. The van der Waals surface area contributed by atoms with E-state index in [-0.39, 0.29) is 5.56 Å². The van der Waals surface area contributed by atoms with Gasteiger partial charge in [0.05, 0.1) is 16.3 Å². The van der Waals surface area contributed by atoms with Crippen LogP contribution in [0.15, 0.2) is 12.1 Å². The van der Waals surface area contributed by atoms with E-state index in [0.717, 1.165) is 18.9 Å². The van der Waals surface area contributed by atoms with Gasteiger partial charge >= 0.3 is 5.97 Å². The summed E-state index contributed by atoms with van der Waals surface area (Å²) in [5.74, 6) is -0.267. The number of hydrogen-bond donors (Lipinski definition) is 3. The summed E-state index contributed by atoms with van der Waals surface area (Å²) in [5.41, 5.74) is 6.62. The highest BCUT2D eigenvalue weighted by Crippen LogP contribution is 2.30. The van der Waals surface area contributed by atoms with E-state index in [9.17, 15) is 9.90 Å². The van der Waals surface area contributed by atoms with Gasteiger partial charge < -0.3 is 16.2 Å². The molecule has 0 amide bonds. The van der Waals surface area contributed by atoms with Crippen molar-refractivity contribution in [3.05, 3.63) is 22.7 Å². The molecule has 0 spiro atoms. The van der Waals surface area contributed by atoms with Crippen LogP contribution in [0.5, 0.6) is 0 Å². The Morgan fingerprint density at radius 2 is 2.05 bits per heavy atom. The highest BCUT2D eigenvalue weighted by atomic mass is 35.5. The van der Waals surface area contributed by atoms with Crippen LogP contribution in [-0.4, -0.2) is 17.6 Å². The van der Waals surface area contributed by atoms with E-state index >= 15 is 0 Å². The Kier molecular flexibility index (Phi) is 5.12. The Labute approximate surface area is 124 Å². The van der Waals surface area contributed by atoms with Gasteiger partial charge in [0.2, 0.25) is 0 Å². The molecular weight excluding hydrogens is 276 g/mol. The molecule has 1 fully saturated rings. The number of benzene rings is 1. The van der Waals surface area contributed by atoms with E-state index in [1.807, 2.05) is 0 Å². The van der Waals surface area contributed by atoms with Gasteiger partial charge in [0.25, 0.3) is 0 Å². The fraction of sp³-hybridized carbons (Fsp3) is 0.533. The molecule has 0 atom stereocenters. The Morgan fingerprint density at radius 3 is 2.70 bits per heavy atom. The predicted molar refractivity (Wildman–Crippen MR) is 82.5 cm³/mol. The minimum atomic E-state index is -1.01. The second-order valence-electron chi connectivity index (χ2n) is 5.45. The van der Waals surface area contributed by atoms with Crippen molar-refractivity contribution in [1.82, 2.24) is 0 Å². The first-order chi connectivity index (χ1) is 9.58. The smallest absolute Gasteiger partial charge is 0.337 e. The zero-order chi connectivity index (χ0) is 14.5. The van der Waals surface area contributed by atoms with Crippen LogP contribution in [0, 0.1) is 5.92 Å². The topological polar surface area (TPSA) is 75.3 Å². The number of anilines is 2. The molecule has 0 radical (unpaired) electrons. The molecule has 4 N–H and O–H groups in total. The summed E-state index contributed by atoms with van der Waals surface area (Å²) in [5, 5.41) is 12.7. The number of halogens is 1. The van der Waals surface area contributed by atoms with E-state index in [0.29, 0.717) is 16.4 Å². The molecule has 5 heteroatoms. The lowest BCUT2D eigenvalue weighted by molar-refractivity contribution is 0.0698. The van der Waals surface area contributed by atoms with Crippen LogP contribution in [0.1, 0.15) is 48.9 Å². The Morgan fingerprint density at radius 1 is 1.35 bits per heavy atom. The first kappa shape index (κ1) is 15.0. The van der Waals surface area contributed by atoms with Crippen molar-refractivity contribution in [3.8, 4) is 0 Å². The monoisotopic (exact) mass is 296 g/mol. The van der Waals surface area contributed by atoms with E-state index < -0.39 is 5.97 Å². The van der Waals surface area contributed by atoms with Crippen molar-refractivity contribution in [2.24, 2.45) is 5.92 Å². The Hall–Kier alpha value is -1.42. The van der Waals surface area contributed by atoms with Gasteiger partial charge in [-0.15, -0.1) is 0 Å². The normalized spacial score (nSPS) is 16.1. The van der Waals surface area contributed by atoms with Crippen LogP contribution in [-0.2, 0) is 0 Å². The van der Waals surface area contributed by atoms with Crippen LogP contribution in [0.25, 0.3) is 0 Å². The number of nitrogens with two attached hydrogens (primary N) is 1. The summed E-state index contributed by atoms with van der Waals surface area (Å²) >= 11 is 6.09. The summed E-state index contributed by atoms with van der Waals surface area (Å²) in [6, 6.07) is 3.02. The summed E-state index contributed by atoms with van der Waals surface area (Å²) in [6.07, 6.45) is 7.59. The lowest BCUT2D eigenvalue weighted by Gasteiger charge is -2.22. The summed E-state index contributed by atoms with van der Waals surface area (Å²) in [6.45, 7) is 0.745. The minimum Gasteiger partial charge on any atom is -0.478 e. The van der Waals surface area contributed by atoms with E-state index in [4.69, 9.17) is 17.3 Å². The average Bonchev–Trinajstić information content (AvgIpc) is 2.41. The fourth-order valence-corrected chi connectivity index (χ4v) is 3.15. The number of carboxylic acid groups (broad SMARTS) is 1. The van der Waals surface area contributed by atoms with Crippen molar-refractivity contribution < 1.29 is 9.90 Å². The zero-order valence-electron chi connectivity index (χ0n) is 11.5. The summed E-state index contributed by atoms with van der Waals surface area (Å²) in [7, 11) is 0. The molecule has 1 aliphatic carbocycles. The molecule has 20 heavy (non-hydrogen) atoms. The highest BCUT2D eigenvalue weighted by molar-refractivity contribution is 6.34. The minimum absolute atomic E-state index is 0.138. The second-order valence-corrected chi connectivity index (χ2v) is 5.86. The number of carboxylic acids is 1. The quantitative estimate of drug-likeness (QED) is 0.718. The van der Waals surface area contributed by atoms with Crippen molar-refractivity contribution in [3.63, 3.8) is 0 Å². The molecule has 0 bridgehead atoms. The number of hydrogen-bond acceptors (Lipinski definition) is 3. The largest absolute Gasteiger partial charge is 0.478 e. The van der Waals surface area contributed by atoms with Gasteiger partial charge in [-0.25, -0.2) is 4.79 Å². The molecule has 2 rings (SSSR count). The van der Waals surface area contributed by atoms with Crippen molar-refractivity contribution in [2.75, 3.05) is 17.6 Å². The van der Waals surface area contributed by atoms with Gasteiger partial charge in [-0.05, 0) is 24.5 Å². The molecule has 0 heterocycles. The number of rotatable bonds is 5. The second kappa shape index (κ2) is 6.84. The van der Waals surface area contributed by atoms with Gasteiger partial charge in [0.15, 0.2) is 0 Å². The third-order valence-corrected chi connectivity index (χ3v) is 4.22. The third-order valence-electron chi connectivity index (χ3n) is 3.92. The molecule has 0 aromatic heterocycles. The summed E-state index contributed by atoms with van der Waals surface area (Å²) in [4.78, 5) is 11.2. The number of nitrogens with one attached hydrogen (secondary N) is 1. The maximum absolute atomic E-state index is 11.2. The lowest BCUT2D eigenvalue weighted by atomic mass is 9.87. The molecule has 0 unspecified atom stereocenters. The molecular formula is C15H21ClN2O2. The van der Waals surface area contributed by atoms with Gasteiger partial charge in [-0.3, -0.25) is 0 Å². The predicted octanol–water partition coefficient (Wildman–Crippen LogP) is 4.00.